The van der Waals surface area contributed by atoms with Crippen molar-refractivity contribution >= 4 is 45.2 Å². The molecule has 1 amide bonds. The van der Waals surface area contributed by atoms with Crippen LogP contribution in [0.25, 0.3) is 10.2 Å². The van der Waals surface area contributed by atoms with Gasteiger partial charge in [-0.3, -0.25) is 9.59 Å². The fourth-order valence-corrected chi connectivity index (χ4v) is 5.01. The number of ether oxygens (including phenoxy) is 3. The number of hydrogen-bond acceptors (Lipinski definition) is 7. The van der Waals surface area contributed by atoms with Crippen molar-refractivity contribution in [3.8, 4) is 11.5 Å². The number of rotatable bonds is 6. The molecule has 0 aliphatic carbocycles. The first kappa shape index (κ1) is 21.5. The van der Waals surface area contributed by atoms with Crippen LogP contribution in [-0.4, -0.2) is 35.1 Å². The number of aromatic nitrogens is 1. The Balaban J connectivity index is 1.73. The lowest BCUT2D eigenvalue weighted by Crippen LogP contribution is -2.23. The Morgan fingerprint density at radius 1 is 1.19 bits per heavy atom. The third-order valence-electron chi connectivity index (χ3n) is 4.44. The summed E-state index contributed by atoms with van der Waals surface area (Å²) in [5, 5.41) is 0.459. The molecule has 162 valence electrons. The third-order valence-corrected chi connectivity index (χ3v) is 6.50. The number of amides is 1. The third kappa shape index (κ3) is 4.77. The van der Waals surface area contributed by atoms with Crippen molar-refractivity contribution < 1.29 is 23.8 Å². The Labute approximate surface area is 187 Å². The largest absolute Gasteiger partial charge is 0.465 e. The molecule has 0 bridgehead atoms. The number of nitrogens with zero attached hydrogens (tertiary/aromatic N) is 2. The summed E-state index contributed by atoms with van der Waals surface area (Å²) in [5.74, 6) is 0.460. The maximum absolute atomic E-state index is 12.8. The van der Waals surface area contributed by atoms with Gasteiger partial charge in [0.2, 0.25) is 6.79 Å². The van der Waals surface area contributed by atoms with E-state index in [-0.39, 0.29) is 25.9 Å². The normalized spacial score (nSPS) is 13.2. The molecule has 2 heterocycles. The van der Waals surface area contributed by atoms with Crippen molar-refractivity contribution in [1.82, 2.24) is 4.57 Å². The molecular formula is C22H22N2O5S2. The van der Waals surface area contributed by atoms with Crippen molar-refractivity contribution in [1.29, 1.82) is 0 Å². The van der Waals surface area contributed by atoms with E-state index < -0.39 is 5.97 Å². The average molecular weight is 459 g/mol. The molecule has 0 radical (unpaired) electrons. The van der Waals surface area contributed by atoms with Gasteiger partial charge in [-0.2, -0.15) is 4.99 Å². The summed E-state index contributed by atoms with van der Waals surface area (Å²) in [4.78, 5) is 30.9. The molecule has 31 heavy (non-hydrogen) atoms. The van der Waals surface area contributed by atoms with Crippen LogP contribution in [0.2, 0.25) is 0 Å². The van der Waals surface area contributed by atoms with Crippen molar-refractivity contribution in [2.24, 2.45) is 4.99 Å². The maximum Gasteiger partial charge on any atom is 0.326 e. The fourth-order valence-electron chi connectivity index (χ4n) is 3.13. The zero-order valence-electron chi connectivity index (χ0n) is 17.4. The van der Waals surface area contributed by atoms with Gasteiger partial charge in [-0.1, -0.05) is 25.2 Å². The number of esters is 1. The number of fused-ring (bicyclic) bond motifs is 2. The highest BCUT2D eigenvalue weighted by Crippen LogP contribution is 2.37. The number of benzene rings is 2. The summed E-state index contributed by atoms with van der Waals surface area (Å²) in [6, 6.07) is 11.0. The monoisotopic (exact) mass is 458 g/mol. The molecule has 0 fully saturated rings. The van der Waals surface area contributed by atoms with E-state index in [0.29, 0.717) is 27.1 Å². The molecule has 1 aliphatic rings. The zero-order valence-corrected chi connectivity index (χ0v) is 19.0. The van der Waals surface area contributed by atoms with E-state index in [2.05, 4.69) is 18.8 Å². The molecule has 0 N–H and O–H groups in total. The quantitative estimate of drug-likeness (QED) is 0.406. The topological polar surface area (TPSA) is 79.1 Å². The molecule has 1 aliphatic heterocycles. The lowest BCUT2D eigenvalue weighted by Gasteiger charge is -2.06. The van der Waals surface area contributed by atoms with Crippen molar-refractivity contribution in [3.63, 3.8) is 0 Å². The molecule has 3 aromatic rings. The fraction of sp³-hybridized carbons (Fsp3) is 0.318. The minimum atomic E-state index is -0.399. The van der Waals surface area contributed by atoms with E-state index in [0.717, 1.165) is 15.1 Å². The van der Waals surface area contributed by atoms with Crippen LogP contribution in [0, 0.1) is 0 Å². The lowest BCUT2D eigenvalue weighted by molar-refractivity contribution is -0.143. The van der Waals surface area contributed by atoms with Gasteiger partial charge in [-0.25, -0.2) is 0 Å². The standard InChI is InChI=1S/C22H22N2O5S2/c1-4-27-20(25)11-24-16-9-17-18(29-12-28-17)10-19(16)31-22(24)23-21(26)14-5-7-15(8-6-14)30-13(2)3/h5-10,13H,4,11-12H2,1-3H3. The highest BCUT2D eigenvalue weighted by molar-refractivity contribution is 7.99. The van der Waals surface area contributed by atoms with Crippen LogP contribution in [0.5, 0.6) is 11.5 Å². The number of carbonyl (C=O) groups is 2. The van der Waals surface area contributed by atoms with Gasteiger partial charge in [-0.15, -0.1) is 11.8 Å². The predicted molar refractivity (Wildman–Crippen MR) is 120 cm³/mol. The van der Waals surface area contributed by atoms with E-state index in [1.54, 1.807) is 41.5 Å². The summed E-state index contributed by atoms with van der Waals surface area (Å²) in [7, 11) is 0. The Morgan fingerprint density at radius 3 is 2.58 bits per heavy atom. The minimum absolute atomic E-state index is 0.0520. The second-order valence-electron chi connectivity index (χ2n) is 7.06. The summed E-state index contributed by atoms with van der Waals surface area (Å²) in [5.41, 5.74) is 1.22. The van der Waals surface area contributed by atoms with E-state index in [1.807, 2.05) is 18.2 Å². The molecule has 9 heteroatoms. The van der Waals surface area contributed by atoms with Crippen molar-refractivity contribution in [2.45, 2.75) is 37.5 Å². The lowest BCUT2D eigenvalue weighted by atomic mass is 10.2. The second-order valence-corrected chi connectivity index (χ2v) is 9.72. The Kier molecular flexibility index (Phi) is 6.33. The van der Waals surface area contributed by atoms with E-state index in [4.69, 9.17) is 14.2 Å². The highest BCUT2D eigenvalue weighted by Gasteiger charge is 2.19. The maximum atomic E-state index is 12.8. The SMILES string of the molecule is CCOC(=O)Cn1c(=NC(=O)c2ccc(SC(C)C)cc2)sc2cc3c(cc21)OCO3. The van der Waals surface area contributed by atoms with Crippen LogP contribution in [0.4, 0.5) is 0 Å². The molecule has 0 atom stereocenters. The highest BCUT2D eigenvalue weighted by atomic mass is 32.2. The second kappa shape index (κ2) is 9.15. The van der Waals surface area contributed by atoms with Crippen LogP contribution in [0.3, 0.4) is 0 Å². The molecule has 0 unspecified atom stereocenters. The van der Waals surface area contributed by atoms with Crippen LogP contribution < -0.4 is 14.3 Å². The summed E-state index contributed by atoms with van der Waals surface area (Å²) in [6.45, 7) is 6.38. The van der Waals surface area contributed by atoms with E-state index in [1.165, 1.54) is 11.3 Å². The summed E-state index contributed by atoms with van der Waals surface area (Å²) < 4.78 is 18.5. The molecule has 0 saturated carbocycles. The molecule has 7 nitrogen and oxygen atoms in total. The number of thiazole rings is 1. The Morgan fingerprint density at radius 2 is 1.90 bits per heavy atom. The number of thioether (sulfide) groups is 1. The van der Waals surface area contributed by atoms with Gasteiger partial charge in [0.05, 0.1) is 16.8 Å². The van der Waals surface area contributed by atoms with Gasteiger partial charge in [0.1, 0.15) is 6.54 Å². The molecule has 1 aromatic heterocycles. The first-order valence-corrected chi connectivity index (χ1v) is 11.6. The first-order chi connectivity index (χ1) is 14.9. The first-order valence-electron chi connectivity index (χ1n) is 9.89. The summed E-state index contributed by atoms with van der Waals surface area (Å²) >= 11 is 3.04. The van der Waals surface area contributed by atoms with Crippen LogP contribution >= 0.6 is 23.1 Å². The smallest absolute Gasteiger partial charge is 0.326 e. The van der Waals surface area contributed by atoms with Gasteiger partial charge in [0.25, 0.3) is 5.91 Å². The molecule has 2 aromatic carbocycles. The van der Waals surface area contributed by atoms with Gasteiger partial charge < -0.3 is 18.8 Å². The zero-order chi connectivity index (χ0) is 22.0. The predicted octanol–water partition coefficient (Wildman–Crippen LogP) is 4.24. The summed E-state index contributed by atoms with van der Waals surface area (Å²) in [6.07, 6.45) is 0. The number of carbonyl (C=O) groups excluding carboxylic acids is 2. The van der Waals surface area contributed by atoms with Gasteiger partial charge >= 0.3 is 5.97 Å². The van der Waals surface area contributed by atoms with Gasteiger partial charge in [0, 0.05) is 27.8 Å². The minimum Gasteiger partial charge on any atom is -0.465 e. The van der Waals surface area contributed by atoms with Crippen LogP contribution in [-0.2, 0) is 16.1 Å². The Bertz CT molecular complexity index is 1200. The molecule has 4 rings (SSSR count). The van der Waals surface area contributed by atoms with Crippen LogP contribution in [0.15, 0.2) is 46.3 Å². The molecule has 0 saturated heterocycles. The number of hydrogen-bond donors (Lipinski definition) is 0. The molecule has 0 spiro atoms. The van der Waals surface area contributed by atoms with Crippen molar-refractivity contribution in [3.05, 3.63) is 46.8 Å². The Hall–Kier alpha value is -2.78. The van der Waals surface area contributed by atoms with E-state index >= 15 is 0 Å². The van der Waals surface area contributed by atoms with Gasteiger partial charge in [0.15, 0.2) is 16.3 Å². The van der Waals surface area contributed by atoms with Crippen LogP contribution in [0.1, 0.15) is 31.1 Å². The van der Waals surface area contributed by atoms with Crippen molar-refractivity contribution in [2.75, 3.05) is 13.4 Å². The van der Waals surface area contributed by atoms with Gasteiger partial charge in [-0.05, 0) is 31.2 Å². The average Bonchev–Trinajstić information content (AvgIpc) is 3.30. The molecular weight excluding hydrogens is 436 g/mol. The van der Waals surface area contributed by atoms with E-state index in [9.17, 15) is 9.59 Å².